The molecule has 102 valence electrons. The number of ether oxygens (including phenoxy) is 2. The highest BCUT2D eigenvalue weighted by Gasteiger charge is 2.70. The lowest BCUT2D eigenvalue weighted by Crippen LogP contribution is -2.48. The van der Waals surface area contributed by atoms with Gasteiger partial charge in [-0.25, -0.2) is 9.59 Å². The van der Waals surface area contributed by atoms with Crippen molar-refractivity contribution in [2.24, 2.45) is 5.92 Å². The minimum atomic E-state index is -0.724. The molecule has 1 heterocycles. The van der Waals surface area contributed by atoms with Gasteiger partial charge in [-0.05, 0) is 46.5 Å². The Morgan fingerprint density at radius 1 is 1.39 bits per heavy atom. The second-order valence-electron chi connectivity index (χ2n) is 5.97. The molecule has 0 N–H and O–H groups in total. The van der Waals surface area contributed by atoms with Gasteiger partial charge in [0.1, 0.15) is 11.1 Å². The van der Waals surface area contributed by atoms with E-state index >= 15 is 0 Å². The molecule has 5 nitrogen and oxygen atoms in total. The maximum Gasteiger partial charge on any atom is 0.411 e. The van der Waals surface area contributed by atoms with Crippen LogP contribution >= 0.6 is 0 Å². The third kappa shape index (κ3) is 2.06. The second kappa shape index (κ2) is 4.14. The lowest BCUT2D eigenvalue weighted by molar-refractivity contribution is -0.150. The Bertz CT molecular complexity index is 374. The van der Waals surface area contributed by atoms with E-state index in [2.05, 4.69) is 0 Å². The van der Waals surface area contributed by atoms with Crippen molar-refractivity contribution in [3.8, 4) is 0 Å². The molecule has 2 rings (SSSR count). The number of nitrogens with zero attached hydrogens (tertiary/aromatic N) is 1. The molecule has 0 unspecified atom stereocenters. The molecule has 18 heavy (non-hydrogen) atoms. The van der Waals surface area contributed by atoms with E-state index in [1.54, 1.807) is 11.8 Å². The number of rotatable bonds is 2. The third-order valence-corrected chi connectivity index (χ3v) is 3.50. The van der Waals surface area contributed by atoms with Crippen molar-refractivity contribution in [1.82, 2.24) is 4.90 Å². The highest BCUT2D eigenvalue weighted by Crippen LogP contribution is 2.56. The molecule has 5 heteroatoms. The van der Waals surface area contributed by atoms with Gasteiger partial charge in [0.05, 0.1) is 6.61 Å². The fourth-order valence-corrected chi connectivity index (χ4v) is 2.66. The van der Waals surface area contributed by atoms with Gasteiger partial charge in [0.25, 0.3) is 0 Å². The van der Waals surface area contributed by atoms with Crippen LogP contribution in [0.25, 0.3) is 0 Å². The molecular weight excluding hydrogens is 234 g/mol. The summed E-state index contributed by atoms with van der Waals surface area (Å²) >= 11 is 0. The number of carbonyl (C=O) groups is 2. The molecule has 1 amide bonds. The Hall–Kier alpha value is -1.26. The van der Waals surface area contributed by atoms with Crippen molar-refractivity contribution in [2.45, 2.75) is 51.7 Å². The van der Waals surface area contributed by atoms with Crippen LogP contribution in [0, 0.1) is 5.92 Å². The van der Waals surface area contributed by atoms with Crippen molar-refractivity contribution in [2.75, 3.05) is 13.2 Å². The maximum atomic E-state index is 12.1. The minimum absolute atomic E-state index is 0.254. The smallest absolute Gasteiger partial charge is 0.411 e. The number of hydrogen-bond acceptors (Lipinski definition) is 4. The lowest BCUT2D eigenvalue weighted by atomic mass is 10.2. The van der Waals surface area contributed by atoms with Crippen LogP contribution < -0.4 is 0 Å². The number of amides is 1. The largest absolute Gasteiger partial charge is 0.464 e. The standard InChI is InChI=1S/C13H21NO4/c1-5-17-10(15)13-8-9(13)6-7-14(13)11(16)18-12(2,3)4/h9H,5-8H2,1-4H3/t9-,13+/m1/s1. The van der Waals surface area contributed by atoms with Gasteiger partial charge in [-0.2, -0.15) is 0 Å². The minimum Gasteiger partial charge on any atom is -0.464 e. The Morgan fingerprint density at radius 3 is 2.56 bits per heavy atom. The van der Waals surface area contributed by atoms with Crippen LogP contribution in [0.15, 0.2) is 0 Å². The molecule has 1 saturated carbocycles. The summed E-state index contributed by atoms with van der Waals surface area (Å²) in [6.07, 6.45) is 1.17. The second-order valence-corrected chi connectivity index (χ2v) is 5.97. The van der Waals surface area contributed by atoms with Crippen molar-refractivity contribution >= 4 is 12.1 Å². The lowest BCUT2D eigenvalue weighted by Gasteiger charge is -2.29. The molecule has 0 spiro atoms. The van der Waals surface area contributed by atoms with E-state index in [9.17, 15) is 9.59 Å². The molecule has 0 radical (unpaired) electrons. The first kappa shape index (κ1) is 13.2. The number of hydrogen-bond donors (Lipinski definition) is 0. The molecule has 0 bridgehead atoms. The van der Waals surface area contributed by atoms with Gasteiger partial charge in [0, 0.05) is 6.54 Å². The van der Waals surface area contributed by atoms with Crippen molar-refractivity contribution in [3.05, 3.63) is 0 Å². The Kier molecular flexibility index (Phi) is 3.03. The number of esters is 1. The first-order valence-electron chi connectivity index (χ1n) is 6.49. The predicted molar refractivity (Wildman–Crippen MR) is 65.0 cm³/mol. The van der Waals surface area contributed by atoms with E-state index in [1.807, 2.05) is 20.8 Å². The fraction of sp³-hybridized carbons (Fsp3) is 0.846. The summed E-state index contributed by atoms with van der Waals surface area (Å²) in [5, 5.41) is 0. The zero-order valence-corrected chi connectivity index (χ0v) is 11.5. The van der Waals surface area contributed by atoms with Crippen LogP contribution in [0.5, 0.6) is 0 Å². The average Bonchev–Trinajstić information content (AvgIpc) is 2.83. The molecule has 2 atom stereocenters. The van der Waals surface area contributed by atoms with Crippen LogP contribution in [0.2, 0.25) is 0 Å². The zero-order valence-electron chi connectivity index (χ0n) is 11.5. The van der Waals surface area contributed by atoms with Crippen molar-refractivity contribution in [1.29, 1.82) is 0 Å². The molecule has 2 fully saturated rings. The van der Waals surface area contributed by atoms with E-state index in [4.69, 9.17) is 9.47 Å². The van der Waals surface area contributed by atoms with E-state index < -0.39 is 17.2 Å². The van der Waals surface area contributed by atoms with E-state index in [-0.39, 0.29) is 11.9 Å². The van der Waals surface area contributed by atoms with E-state index in [0.29, 0.717) is 19.6 Å². The molecule has 1 aliphatic heterocycles. The van der Waals surface area contributed by atoms with Gasteiger partial charge in [-0.1, -0.05) is 0 Å². The summed E-state index contributed by atoms with van der Waals surface area (Å²) < 4.78 is 10.4. The molecular formula is C13H21NO4. The topological polar surface area (TPSA) is 55.8 Å². The summed E-state index contributed by atoms with van der Waals surface area (Å²) in [7, 11) is 0. The number of fused-ring (bicyclic) bond motifs is 1. The van der Waals surface area contributed by atoms with Crippen LogP contribution in [-0.4, -0.2) is 41.3 Å². The predicted octanol–water partition coefficient (Wildman–Crippen LogP) is 1.95. The van der Waals surface area contributed by atoms with E-state index in [1.165, 1.54) is 0 Å². The SMILES string of the molecule is CCOC(=O)[C@]12C[C@H]1CCN2C(=O)OC(C)(C)C. The van der Waals surface area contributed by atoms with Gasteiger partial charge < -0.3 is 9.47 Å². The quantitative estimate of drug-likeness (QED) is 0.708. The van der Waals surface area contributed by atoms with Crippen LogP contribution in [0.4, 0.5) is 4.79 Å². The number of piperidine rings is 1. The average molecular weight is 255 g/mol. The first-order chi connectivity index (χ1) is 8.31. The fourth-order valence-electron chi connectivity index (χ4n) is 2.66. The monoisotopic (exact) mass is 255 g/mol. The Balaban J connectivity index is 2.09. The molecule has 0 aromatic heterocycles. The number of likely N-dealkylation sites (tertiary alicyclic amines) is 1. The highest BCUT2D eigenvalue weighted by atomic mass is 16.6. The van der Waals surface area contributed by atoms with Gasteiger partial charge in [-0.15, -0.1) is 0 Å². The van der Waals surface area contributed by atoms with Crippen LogP contribution in [0.3, 0.4) is 0 Å². The number of carbonyl (C=O) groups excluding carboxylic acids is 2. The molecule has 0 aromatic rings. The zero-order chi connectivity index (χ0) is 13.6. The normalized spacial score (nSPS) is 29.8. The summed E-state index contributed by atoms with van der Waals surface area (Å²) in [6.45, 7) is 8.17. The summed E-state index contributed by atoms with van der Waals surface area (Å²) in [4.78, 5) is 25.7. The van der Waals surface area contributed by atoms with Crippen molar-refractivity contribution < 1.29 is 19.1 Å². The molecule has 1 saturated heterocycles. The van der Waals surface area contributed by atoms with Crippen LogP contribution in [0.1, 0.15) is 40.5 Å². The molecule has 2 aliphatic rings. The van der Waals surface area contributed by atoms with Gasteiger partial charge in [-0.3, -0.25) is 4.90 Å². The highest BCUT2D eigenvalue weighted by molar-refractivity contribution is 5.90. The first-order valence-corrected chi connectivity index (χ1v) is 6.49. The van der Waals surface area contributed by atoms with Crippen molar-refractivity contribution in [3.63, 3.8) is 0 Å². The van der Waals surface area contributed by atoms with E-state index in [0.717, 1.165) is 6.42 Å². The molecule has 1 aliphatic carbocycles. The summed E-state index contributed by atoms with van der Waals surface area (Å²) in [6, 6.07) is 0. The van der Waals surface area contributed by atoms with Gasteiger partial charge >= 0.3 is 12.1 Å². The third-order valence-electron chi connectivity index (χ3n) is 3.50. The van der Waals surface area contributed by atoms with Gasteiger partial charge in [0.15, 0.2) is 0 Å². The summed E-state index contributed by atoms with van der Waals surface area (Å²) in [5.41, 5.74) is -1.27. The van der Waals surface area contributed by atoms with Gasteiger partial charge in [0.2, 0.25) is 0 Å². The van der Waals surface area contributed by atoms with Crippen LogP contribution in [-0.2, 0) is 14.3 Å². The Labute approximate surface area is 107 Å². The summed E-state index contributed by atoms with van der Waals surface area (Å²) in [5.74, 6) is -0.0255. The molecule has 0 aromatic carbocycles. The Morgan fingerprint density at radius 2 is 2.06 bits per heavy atom. The maximum absolute atomic E-state index is 12.1.